The van der Waals surface area contributed by atoms with Crippen LogP contribution in [0.5, 0.6) is 0 Å². The van der Waals surface area contributed by atoms with Gasteiger partial charge in [-0.2, -0.15) is 0 Å². The monoisotopic (exact) mass is 461 g/mol. The molecule has 2 aromatic carbocycles. The molecule has 0 unspecified atom stereocenters. The Morgan fingerprint density at radius 1 is 0.970 bits per heavy atom. The molecular weight excluding hydrogens is 438 g/mol. The number of aromatic nitrogens is 6. The Hall–Kier alpha value is -3.66. The summed E-state index contributed by atoms with van der Waals surface area (Å²) < 4.78 is 9.28. The lowest BCUT2D eigenvalue weighted by Crippen LogP contribution is -2.21. The third-order valence-electron chi connectivity index (χ3n) is 5.67. The zero-order valence-electron chi connectivity index (χ0n) is 18.6. The van der Waals surface area contributed by atoms with Gasteiger partial charge in [0, 0.05) is 31.4 Å². The van der Waals surface area contributed by atoms with Gasteiger partial charge in [-0.1, -0.05) is 23.9 Å². The maximum atomic E-state index is 12.6. The molecule has 0 atom stereocenters. The molecule has 0 radical (unpaired) electrons. The summed E-state index contributed by atoms with van der Waals surface area (Å²) in [4.78, 5) is 14.9. The van der Waals surface area contributed by atoms with E-state index in [1.165, 1.54) is 16.3 Å². The number of rotatable bonds is 7. The van der Waals surface area contributed by atoms with Crippen LogP contribution in [0.1, 0.15) is 19.7 Å². The van der Waals surface area contributed by atoms with Gasteiger partial charge in [-0.25, -0.2) is 0 Å². The van der Waals surface area contributed by atoms with E-state index in [-0.39, 0.29) is 5.56 Å². The molecule has 5 aromatic rings. The van der Waals surface area contributed by atoms with Crippen LogP contribution in [0, 0.1) is 0 Å². The highest BCUT2D eigenvalue weighted by atomic mass is 32.2. The van der Waals surface area contributed by atoms with Crippen LogP contribution in [0.2, 0.25) is 0 Å². The molecule has 9 nitrogen and oxygen atoms in total. The highest BCUT2D eigenvalue weighted by Crippen LogP contribution is 2.27. The Morgan fingerprint density at radius 2 is 1.73 bits per heavy atom. The summed E-state index contributed by atoms with van der Waals surface area (Å²) in [6.45, 7) is 6.19. The first-order valence-corrected chi connectivity index (χ1v) is 11.7. The van der Waals surface area contributed by atoms with Crippen LogP contribution < -0.4 is 10.5 Å². The second-order valence-electron chi connectivity index (χ2n) is 7.51. The van der Waals surface area contributed by atoms with E-state index in [1.807, 2.05) is 40.8 Å². The molecule has 0 aliphatic rings. The van der Waals surface area contributed by atoms with Crippen molar-refractivity contribution in [3.63, 3.8) is 0 Å². The van der Waals surface area contributed by atoms with E-state index in [0.717, 1.165) is 29.9 Å². The molecule has 0 saturated heterocycles. The van der Waals surface area contributed by atoms with Crippen molar-refractivity contribution < 1.29 is 4.42 Å². The molecule has 0 bridgehead atoms. The molecule has 0 spiro atoms. The Balaban J connectivity index is 1.39. The number of para-hydroxylation sites is 1. The van der Waals surface area contributed by atoms with Crippen molar-refractivity contribution in [2.24, 2.45) is 7.05 Å². The highest BCUT2D eigenvalue weighted by molar-refractivity contribution is 7.98. The van der Waals surface area contributed by atoms with Crippen molar-refractivity contribution in [3.8, 4) is 11.5 Å². The van der Waals surface area contributed by atoms with Crippen molar-refractivity contribution in [1.82, 2.24) is 29.4 Å². The SMILES string of the molecule is CCN(CC)c1ccc(-c2nnc(SCc3nnc4n(C)c(=O)c5ccccc5n34)o2)cc1. The predicted octanol–water partition coefficient (Wildman–Crippen LogP) is 3.77. The zero-order valence-corrected chi connectivity index (χ0v) is 19.4. The minimum atomic E-state index is -0.0988. The summed E-state index contributed by atoms with van der Waals surface area (Å²) in [5.41, 5.74) is 2.71. The molecule has 5 rings (SSSR count). The predicted molar refractivity (Wildman–Crippen MR) is 129 cm³/mol. The first-order valence-electron chi connectivity index (χ1n) is 10.7. The third-order valence-corrected chi connectivity index (χ3v) is 6.48. The van der Waals surface area contributed by atoms with Gasteiger partial charge in [0.2, 0.25) is 11.7 Å². The molecule has 0 N–H and O–H groups in total. The van der Waals surface area contributed by atoms with Crippen LogP contribution in [-0.4, -0.2) is 42.5 Å². The second-order valence-corrected chi connectivity index (χ2v) is 8.44. The number of benzene rings is 2. The van der Waals surface area contributed by atoms with Gasteiger partial charge in [0.1, 0.15) is 5.82 Å². The quantitative estimate of drug-likeness (QED) is 0.338. The lowest BCUT2D eigenvalue weighted by Gasteiger charge is -2.20. The topological polar surface area (TPSA) is 94.4 Å². The number of thioether (sulfide) groups is 1. The molecule has 168 valence electrons. The zero-order chi connectivity index (χ0) is 22.9. The van der Waals surface area contributed by atoms with E-state index in [9.17, 15) is 4.79 Å². The van der Waals surface area contributed by atoms with E-state index >= 15 is 0 Å². The third kappa shape index (κ3) is 3.76. The van der Waals surface area contributed by atoms with Gasteiger partial charge in [-0.15, -0.1) is 20.4 Å². The first kappa shape index (κ1) is 21.2. The molecule has 0 aliphatic carbocycles. The lowest BCUT2D eigenvalue weighted by atomic mass is 10.2. The van der Waals surface area contributed by atoms with Gasteiger partial charge in [0.05, 0.1) is 16.7 Å². The van der Waals surface area contributed by atoms with Gasteiger partial charge >= 0.3 is 0 Å². The maximum Gasteiger partial charge on any atom is 0.277 e. The molecule has 0 saturated carbocycles. The fraction of sp³-hybridized carbons (Fsp3) is 0.261. The Bertz CT molecular complexity index is 1480. The van der Waals surface area contributed by atoms with E-state index in [1.54, 1.807) is 7.05 Å². The summed E-state index contributed by atoms with van der Waals surface area (Å²) in [5, 5.41) is 18.0. The number of aryl methyl sites for hydroxylation is 1. The van der Waals surface area contributed by atoms with Crippen molar-refractivity contribution in [2.75, 3.05) is 18.0 Å². The highest BCUT2D eigenvalue weighted by Gasteiger charge is 2.16. The van der Waals surface area contributed by atoms with Gasteiger partial charge in [0.25, 0.3) is 10.8 Å². The number of anilines is 1. The fourth-order valence-electron chi connectivity index (χ4n) is 3.90. The van der Waals surface area contributed by atoms with Crippen LogP contribution in [0.25, 0.3) is 28.1 Å². The average Bonchev–Trinajstić information content (AvgIpc) is 3.50. The van der Waals surface area contributed by atoms with Crippen molar-refractivity contribution in [3.05, 3.63) is 64.7 Å². The summed E-state index contributed by atoms with van der Waals surface area (Å²) >= 11 is 1.38. The molecule has 3 aromatic heterocycles. The Labute approximate surface area is 194 Å². The first-order chi connectivity index (χ1) is 16.1. The van der Waals surface area contributed by atoms with Crippen LogP contribution in [-0.2, 0) is 12.8 Å². The molecule has 0 amide bonds. The fourth-order valence-corrected chi connectivity index (χ4v) is 4.58. The maximum absolute atomic E-state index is 12.6. The van der Waals surface area contributed by atoms with Crippen LogP contribution in [0.15, 0.2) is 63.0 Å². The number of hydrogen-bond donors (Lipinski definition) is 0. The second kappa shape index (κ2) is 8.70. The van der Waals surface area contributed by atoms with Crippen LogP contribution >= 0.6 is 11.8 Å². The van der Waals surface area contributed by atoms with Crippen LogP contribution in [0.3, 0.4) is 0 Å². The number of nitrogens with zero attached hydrogens (tertiary/aromatic N) is 7. The molecule has 10 heteroatoms. The molecule has 0 fully saturated rings. The van der Waals surface area contributed by atoms with E-state index < -0.39 is 0 Å². The molecular formula is C23H23N7O2S. The van der Waals surface area contributed by atoms with Gasteiger partial charge in [-0.3, -0.25) is 13.8 Å². The van der Waals surface area contributed by atoms with E-state index in [0.29, 0.717) is 33.9 Å². The lowest BCUT2D eigenvalue weighted by molar-refractivity contribution is 0.465. The number of hydrogen-bond acceptors (Lipinski definition) is 8. The van der Waals surface area contributed by atoms with E-state index in [2.05, 4.69) is 51.3 Å². The number of fused-ring (bicyclic) bond motifs is 3. The minimum absolute atomic E-state index is 0.0988. The van der Waals surface area contributed by atoms with Crippen molar-refractivity contribution >= 4 is 34.1 Å². The van der Waals surface area contributed by atoms with Gasteiger partial charge < -0.3 is 9.32 Å². The molecule has 33 heavy (non-hydrogen) atoms. The van der Waals surface area contributed by atoms with Gasteiger partial charge in [0.15, 0.2) is 0 Å². The summed E-state index contributed by atoms with van der Waals surface area (Å²) in [6.07, 6.45) is 0. The smallest absolute Gasteiger partial charge is 0.277 e. The summed E-state index contributed by atoms with van der Waals surface area (Å²) in [5.74, 6) is 2.13. The minimum Gasteiger partial charge on any atom is -0.411 e. The largest absolute Gasteiger partial charge is 0.411 e. The summed E-state index contributed by atoms with van der Waals surface area (Å²) in [6, 6.07) is 15.6. The normalized spacial score (nSPS) is 11.5. The Kier molecular flexibility index (Phi) is 5.59. The summed E-state index contributed by atoms with van der Waals surface area (Å²) in [7, 11) is 1.70. The molecule has 3 heterocycles. The standard InChI is InChI=1S/C23H23N7O2S/c1-4-29(5-2)16-12-10-15(11-13-16)20-25-27-23(32-20)33-14-19-24-26-22-28(3)21(31)17-8-6-7-9-18(17)30(19)22/h6-13H,4-5,14H2,1-3H3. The average molecular weight is 462 g/mol. The van der Waals surface area contributed by atoms with Crippen LogP contribution in [0.4, 0.5) is 5.69 Å². The van der Waals surface area contributed by atoms with Crippen molar-refractivity contribution in [2.45, 2.75) is 24.8 Å². The van der Waals surface area contributed by atoms with Gasteiger partial charge in [-0.05, 0) is 50.2 Å². The van der Waals surface area contributed by atoms with E-state index in [4.69, 9.17) is 4.42 Å². The van der Waals surface area contributed by atoms with Crippen molar-refractivity contribution in [1.29, 1.82) is 0 Å². The molecule has 0 aliphatic heterocycles. The Morgan fingerprint density at radius 3 is 2.48 bits per heavy atom.